The Kier molecular flexibility index (Phi) is 3.83. The van der Waals surface area contributed by atoms with Crippen molar-refractivity contribution in [3.05, 3.63) is 54.6 Å². The van der Waals surface area contributed by atoms with Crippen LogP contribution in [-0.2, 0) is 4.79 Å². The van der Waals surface area contributed by atoms with Crippen molar-refractivity contribution in [2.75, 3.05) is 10.6 Å². The van der Waals surface area contributed by atoms with Gasteiger partial charge in [-0.05, 0) is 31.2 Å². The number of carbonyl (C=O) groups is 1. The van der Waals surface area contributed by atoms with E-state index in [-0.39, 0.29) is 11.9 Å². The summed E-state index contributed by atoms with van der Waals surface area (Å²) in [5.41, 5.74) is 1.74. The highest BCUT2D eigenvalue weighted by atomic mass is 32.1. The summed E-state index contributed by atoms with van der Waals surface area (Å²) in [6.45, 7) is 1.82. The van der Waals surface area contributed by atoms with Crippen LogP contribution in [0.25, 0.3) is 10.2 Å². The van der Waals surface area contributed by atoms with Crippen LogP contribution in [0.1, 0.15) is 6.92 Å². The highest BCUT2D eigenvalue weighted by Gasteiger charge is 2.14. The molecule has 0 aliphatic carbocycles. The fraction of sp³-hybridized carbons (Fsp3) is 0.125. The van der Waals surface area contributed by atoms with Gasteiger partial charge in [-0.3, -0.25) is 4.79 Å². The van der Waals surface area contributed by atoms with E-state index in [2.05, 4.69) is 15.6 Å². The van der Waals surface area contributed by atoms with Crippen molar-refractivity contribution < 1.29 is 4.79 Å². The molecule has 0 saturated carbocycles. The van der Waals surface area contributed by atoms with E-state index >= 15 is 0 Å². The molecule has 0 fully saturated rings. The molecule has 1 aromatic heterocycles. The standard InChI is InChI=1S/C16H15N3OS/c1-11(15(20)18-12-7-3-2-4-8-12)17-16-19-13-9-5-6-10-14(13)21-16/h2-11H,1H3,(H,17,19)(H,18,20). The van der Waals surface area contributed by atoms with Gasteiger partial charge in [0.1, 0.15) is 6.04 Å². The fourth-order valence-electron chi connectivity index (χ4n) is 1.96. The second-order valence-electron chi connectivity index (χ2n) is 4.71. The Hall–Kier alpha value is -2.40. The van der Waals surface area contributed by atoms with Crippen LogP contribution >= 0.6 is 11.3 Å². The van der Waals surface area contributed by atoms with Gasteiger partial charge in [0, 0.05) is 5.69 Å². The van der Waals surface area contributed by atoms with Crippen LogP contribution in [0.4, 0.5) is 10.8 Å². The van der Waals surface area contributed by atoms with Crippen molar-refractivity contribution in [1.29, 1.82) is 0 Å². The Morgan fingerprint density at radius 2 is 1.81 bits per heavy atom. The Morgan fingerprint density at radius 3 is 2.57 bits per heavy atom. The molecule has 0 aliphatic rings. The van der Waals surface area contributed by atoms with E-state index in [0.29, 0.717) is 0 Å². The quantitative estimate of drug-likeness (QED) is 0.771. The molecular weight excluding hydrogens is 282 g/mol. The number of amides is 1. The summed E-state index contributed by atoms with van der Waals surface area (Å²) in [4.78, 5) is 16.6. The van der Waals surface area contributed by atoms with Crippen molar-refractivity contribution in [1.82, 2.24) is 4.98 Å². The number of nitrogens with one attached hydrogen (secondary N) is 2. The lowest BCUT2D eigenvalue weighted by atomic mass is 10.3. The minimum absolute atomic E-state index is 0.0829. The van der Waals surface area contributed by atoms with Crippen molar-refractivity contribution in [2.24, 2.45) is 0 Å². The Balaban J connectivity index is 1.67. The molecule has 5 heteroatoms. The molecule has 1 heterocycles. The van der Waals surface area contributed by atoms with Crippen LogP contribution in [0.15, 0.2) is 54.6 Å². The zero-order valence-electron chi connectivity index (χ0n) is 11.5. The molecule has 0 radical (unpaired) electrons. The van der Waals surface area contributed by atoms with Gasteiger partial charge in [0.25, 0.3) is 0 Å². The molecule has 2 N–H and O–H groups in total. The average Bonchev–Trinajstić information content (AvgIpc) is 2.90. The molecule has 1 unspecified atom stereocenters. The average molecular weight is 297 g/mol. The molecule has 3 aromatic rings. The van der Waals surface area contributed by atoms with Gasteiger partial charge >= 0.3 is 0 Å². The first-order valence-electron chi connectivity index (χ1n) is 6.70. The third-order valence-electron chi connectivity index (χ3n) is 3.07. The van der Waals surface area contributed by atoms with Gasteiger partial charge in [0.2, 0.25) is 5.91 Å². The normalized spacial score (nSPS) is 12.0. The van der Waals surface area contributed by atoms with Crippen LogP contribution in [0, 0.1) is 0 Å². The van der Waals surface area contributed by atoms with E-state index in [1.54, 1.807) is 11.3 Å². The van der Waals surface area contributed by atoms with E-state index in [1.807, 2.05) is 61.5 Å². The predicted octanol–water partition coefficient (Wildman–Crippen LogP) is 3.74. The highest BCUT2D eigenvalue weighted by molar-refractivity contribution is 7.22. The van der Waals surface area contributed by atoms with Gasteiger partial charge in [-0.1, -0.05) is 41.7 Å². The number of aromatic nitrogens is 1. The highest BCUT2D eigenvalue weighted by Crippen LogP contribution is 2.25. The monoisotopic (exact) mass is 297 g/mol. The van der Waals surface area contributed by atoms with E-state index in [9.17, 15) is 4.79 Å². The largest absolute Gasteiger partial charge is 0.350 e. The molecule has 2 aromatic carbocycles. The first kappa shape index (κ1) is 13.6. The summed E-state index contributed by atoms with van der Waals surface area (Å²) in [6.07, 6.45) is 0. The Morgan fingerprint density at radius 1 is 1.10 bits per heavy atom. The molecular formula is C16H15N3OS. The number of rotatable bonds is 4. The topological polar surface area (TPSA) is 54.0 Å². The third-order valence-corrected chi connectivity index (χ3v) is 4.04. The number of nitrogens with zero attached hydrogens (tertiary/aromatic N) is 1. The molecule has 0 bridgehead atoms. The number of fused-ring (bicyclic) bond motifs is 1. The smallest absolute Gasteiger partial charge is 0.246 e. The van der Waals surface area contributed by atoms with Crippen molar-refractivity contribution >= 4 is 38.3 Å². The first-order valence-corrected chi connectivity index (χ1v) is 7.52. The lowest BCUT2D eigenvalue weighted by Crippen LogP contribution is -2.31. The number of hydrogen-bond acceptors (Lipinski definition) is 4. The second kappa shape index (κ2) is 5.93. The predicted molar refractivity (Wildman–Crippen MR) is 87.8 cm³/mol. The van der Waals surface area contributed by atoms with Gasteiger partial charge in [-0.25, -0.2) is 4.98 Å². The van der Waals surface area contributed by atoms with Crippen LogP contribution in [0.5, 0.6) is 0 Å². The fourth-order valence-corrected chi connectivity index (χ4v) is 2.91. The maximum absolute atomic E-state index is 12.1. The number of para-hydroxylation sites is 2. The number of carbonyl (C=O) groups excluding carboxylic acids is 1. The van der Waals surface area contributed by atoms with Gasteiger partial charge < -0.3 is 10.6 Å². The minimum Gasteiger partial charge on any atom is -0.350 e. The Labute approximate surface area is 126 Å². The molecule has 1 atom stereocenters. The van der Waals surface area contributed by atoms with E-state index in [0.717, 1.165) is 21.0 Å². The molecule has 21 heavy (non-hydrogen) atoms. The van der Waals surface area contributed by atoms with Crippen molar-refractivity contribution in [3.63, 3.8) is 0 Å². The summed E-state index contributed by atoms with van der Waals surface area (Å²) in [5, 5.41) is 6.77. The van der Waals surface area contributed by atoms with Gasteiger partial charge in [-0.2, -0.15) is 0 Å². The molecule has 4 nitrogen and oxygen atoms in total. The minimum atomic E-state index is -0.356. The van der Waals surface area contributed by atoms with Crippen LogP contribution < -0.4 is 10.6 Å². The van der Waals surface area contributed by atoms with Gasteiger partial charge in [0.05, 0.1) is 10.2 Å². The molecule has 0 saturated heterocycles. The zero-order valence-corrected chi connectivity index (χ0v) is 12.4. The summed E-state index contributed by atoms with van der Waals surface area (Å²) >= 11 is 1.55. The van der Waals surface area contributed by atoms with E-state index in [1.165, 1.54) is 0 Å². The van der Waals surface area contributed by atoms with Gasteiger partial charge in [0.15, 0.2) is 5.13 Å². The summed E-state index contributed by atoms with van der Waals surface area (Å²) in [5.74, 6) is -0.0829. The van der Waals surface area contributed by atoms with Crippen molar-refractivity contribution in [3.8, 4) is 0 Å². The van der Waals surface area contributed by atoms with E-state index in [4.69, 9.17) is 0 Å². The lowest BCUT2D eigenvalue weighted by Gasteiger charge is -2.13. The number of anilines is 2. The summed E-state index contributed by atoms with van der Waals surface area (Å²) in [7, 11) is 0. The summed E-state index contributed by atoms with van der Waals surface area (Å²) in [6, 6.07) is 17.0. The van der Waals surface area contributed by atoms with E-state index < -0.39 is 0 Å². The maximum atomic E-state index is 12.1. The maximum Gasteiger partial charge on any atom is 0.246 e. The lowest BCUT2D eigenvalue weighted by molar-refractivity contribution is -0.116. The molecule has 3 rings (SSSR count). The van der Waals surface area contributed by atoms with Crippen LogP contribution in [-0.4, -0.2) is 16.9 Å². The number of thiazole rings is 1. The van der Waals surface area contributed by atoms with Crippen molar-refractivity contribution in [2.45, 2.75) is 13.0 Å². The molecule has 106 valence electrons. The molecule has 0 aliphatic heterocycles. The Bertz CT molecular complexity index is 721. The number of hydrogen-bond donors (Lipinski definition) is 2. The number of benzene rings is 2. The van der Waals surface area contributed by atoms with Crippen LogP contribution in [0.2, 0.25) is 0 Å². The van der Waals surface area contributed by atoms with Crippen LogP contribution in [0.3, 0.4) is 0 Å². The second-order valence-corrected chi connectivity index (χ2v) is 5.74. The summed E-state index contributed by atoms with van der Waals surface area (Å²) < 4.78 is 1.11. The molecule has 1 amide bonds. The third kappa shape index (κ3) is 3.20. The molecule has 0 spiro atoms. The van der Waals surface area contributed by atoms with Gasteiger partial charge in [-0.15, -0.1) is 0 Å². The SMILES string of the molecule is CC(Nc1nc2ccccc2s1)C(=O)Nc1ccccc1. The first-order chi connectivity index (χ1) is 10.2. The zero-order chi connectivity index (χ0) is 14.7.